The van der Waals surface area contributed by atoms with E-state index in [4.69, 9.17) is 0 Å². The molecule has 1 saturated carbocycles. The van der Waals surface area contributed by atoms with E-state index in [-0.39, 0.29) is 29.8 Å². The van der Waals surface area contributed by atoms with Crippen molar-refractivity contribution in [3.8, 4) is 0 Å². The van der Waals surface area contributed by atoms with Gasteiger partial charge in [0.15, 0.2) is 0 Å². The summed E-state index contributed by atoms with van der Waals surface area (Å²) < 4.78 is 0. The van der Waals surface area contributed by atoms with Gasteiger partial charge in [-0.1, -0.05) is 40.5 Å². The minimum Gasteiger partial charge on any atom is -0.340 e. The molecular weight excluding hydrogens is 264 g/mol. The summed E-state index contributed by atoms with van der Waals surface area (Å²) >= 11 is 0. The molecule has 4 atom stereocenters. The second kappa shape index (κ2) is 5.98. The third-order valence-corrected chi connectivity index (χ3v) is 5.44. The molecule has 4 unspecified atom stereocenters. The molecule has 1 N–H and O–H groups in total. The fraction of sp³-hybridized carbons (Fsp3) is 0.882. The lowest BCUT2D eigenvalue weighted by Crippen LogP contribution is -2.72. The predicted molar refractivity (Wildman–Crippen MR) is 83.7 cm³/mol. The molecule has 0 aromatic heterocycles. The van der Waals surface area contributed by atoms with E-state index in [1.807, 2.05) is 32.6 Å². The van der Waals surface area contributed by atoms with Gasteiger partial charge in [0.05, 0.1) is 0 Å². The van der Waals surface area contributed by atoms with Crippen LogP contribution in [0.1, 0.15) is 66.7 Å². The standard InChI is InChI=1S/C17H30N2O2/c1-6-17(5)16(21)19(13-10-8-7-9-12(13)4)14(11(2)3)15(20)18-17/h11-14H,6-10H2,1-5H3,(H,18,20). The Labute approximate surface area is 128 Å². The van der Waals surface area contributed by atoms with E-state index in [1.54, 1.807) is 0 Å². The highest BCUT2D eigenvalue weighted by atomic mass is 16.2. The summed E-state index contributed by atoms with van der Waals surface area (Å²) in [7, 11) is 0. The molecule has 0 spiro atoms. The van der Waals surface area contributed by atoms with Crippen molar-refractivity contribution < 1.29 is 9.59 Å². The molecule has 1 aliphatic carbocycles. The number of nitrogens with one attached hydrogen (secondary N) is 1. The van der Waals surface area contributed by atoms with Crippen LogP contribution in [0.2, 0.25) is 0 Å². The van der Waals surface area contributed by atoms with Gasteiger partial charge in [0.1, 0.15) is 11.6 Å². The molecule has 0 bridgehead atoms. The van der Waals surface area contributed by atoms with E-state index in [2.05, 4.69) is 12.2 Å². The molecule has 0 aromatic carbocycles. The van der Waals surface area contributed by atoms with Gasteiger partial charge in [0.25, 0.3) is 0 Å². The Morgan fingerprint density at radius 2 is 1.90 bits per heavy atom. The lowest BCUT2D eigenvalue weighted by molar-refractivity contribution is -0.161. The number of rotatable bonds is 3. The summed E-state index contributed by atoms with van der Waals surface area (Å²) in [6, 6.07) is -0.0988. The summed E-state index contributed by atoms with van der Waals surface area (Å²) in [5, 5.41) is 2.98. The van der Waals surface area contributed by atoms with Crippen LogP contribution < -0.4 is 5.32 Å². The van der Waals surface area contributed by atoms with Gasteiger partial charge in [-0.15, -0.1) is 0 Å². The first-order chi connectivity index (χ1) is 9.81. The molecule has 0 radical (unpaired) electrons. The Morgan fingerprint density at radius 3 is 2.43 bits per heavy atom. The molecule has 1 heterocycles. The Kier molecular flexibility index (Phi) is 4.64. The van der Waals surface area contributed by atoms with Crippen LogP contribution in [0.5, 0.6) is 0 Å². The molecule has 4 heteroatoms. The largest absolute Gasteiger partial charge is 0.340 e. The van der Waals surface area contributed by atoms with Crippen LogP contribution in [0.3, 0.4) is 0 Å². The van der Waals surface area contributed by atoms with Gasteiger partial charge in [-0.3, -0.25) is 9.59 Å². The van der Waals surface area contributed by atoms with Crippen molar-refractivity contribution in [2.24, 2.45) is 11.8 Å². The average molecular weight is 294 g/mol. The summed E-state index contributed by atoms with van der Waals surface area (Å²) in [6.07, 6.45) is 5.23. The summed E-state index contributed by atoms with van der Waals surface area (Å²) in [6.45, 7) is 10.1. The maximum Gasteiger partial charge on any atom is 0.248 e. The van der Waals surface area contributed by atoms with E-state index in [1.165, 1.54) is 6.42 Å². The molecule has 1 aliphatic heterocycles. The van der Waals surface area contributed by atoms with Gasteiger partial charge in [-0.25, -0.2) is 0 Å². The molecule has 120 valence electrons. The molecule has 2 rings (SSSR count). The predicted octanol–water partition coefficient (Wildman–Crippen LogP) is 2.72. The first kappa shape index (κ1) is 16.3. The highest BCUT2D eigenvalue weighted by Crippen LogP contribution is 2.35. The molecule has 0 aromatic rings. The van der Waals surface area contributed by atoms with Crippen LogP contribution >= 0.6 is 0 Å². The lowest BCUT2D eigenvalue weighted by Gasteiger charge is -2.51. The number of amides is 2. The Morgan fingerprint density at radius 1 is 1.29 bits per heavy atom. The van der Waals surface area contributed by atoms with E-state index >= 15 is 0 Å². The van der Waals surface area contributed by atoms with Crippen LogP contribution in [0.15, 0.2) is 0 Å². The van der Waals surface area contributed by atoms with Gasteiger partial charge >= 0.3 is 0 Å². The fourth-order valence-electron chi connectivity index (χ4n) is 3.87. The first-order valence-electron chi connectivity index (χ1n) is 8.46. The molecule has 4 nitrogen and oxygen atoms in total. The summed E-state index contributed by atoms with van der Waals surface area (Å²) in [5.41, 5.74) is -0.736. The van der Waals surface area contributed by atoms with Crippen molar-refractivity contribution in [1.29, 1.82) is 0 Å². The van der Waals surface area contributed by atoms with Gasteiger partial charge in [-0.2, -0.15) is 0 Å². The molecule has 2 fully saturated rings. The monoisotopic (exact) mass is 294 g/mol. The minimum absolute atomic E-state index is 0.0201. The zero-order valence-electron chi connectivity index (χ0n) is 14.1. The second-order valence-electron chi connectivity index (χ2n) is 7.41. The Balaban J connectivity index is 2.38. The molecule has 1 saturated heterocycles. The van der Waals surface area contributed by atoms with Gasteiger partial charge < -0.3 is 10.2 Å². The van der Waals surface area contributed by atoms with Gasteiger partial charge in [0, 0.05) is 6.04 Å². The van der Waals surface area contributed by atoms with Crippen molar-refractivity contribution in [2.75, 3.05) is 0 Å². The van der Waals surface area contributed by atoms with Crippen molar-refractivity contribution in [3.63, 3.8) is 0 Å². The summed E-state index contributed by atoms with van der Waals surface area (Å²) in [4.78, 5) is 27.7. The van der Waals surface area contributed by atoms with Gasteiger partial charge in [-0.05, 0) is 38.0 Å². The van der Waals surface area contributed by atoms with Gasteiger partial charge in [0.2, 0.25) is 11.8 Å². The minimum atomic E-state index is -0.736. The number of carbonyl (C=O) groups is 2. The zero-order chi connectivity index (χ0) is 15.8. The average Bonchev–Trinajstić information content (AvgIpc) is 2.43. The normalized spacial score (nSPS) is 37.8. The zero-order valence-corrected chi connectivity index (χ0v) is 14.1. The smallest absolute Gasteiger partial charge is 0.248 e. The number of nitrogens with zero attached hydrogens (tertiary/aromatic N) is 1. The summed E-state index contributed by atoms with van der Waals surface area (Å²) in [5.74, 6) is 0.759. The molecular formula is C17H30N2O2. The highest BCUT2D eigenvalue weighted by molar-refractivity contribution is 5.99. The van der Waals surface area contributed by atoms with E-state index in [0.29, 0.717) is 12.3 Å². The number of carbonyl (C=O) groups excluding carboxylic acids is 2. The quantitative estimate of drug-likeness (QED) is 0.870. The van der Waals surface area contributed by atoms with Crippen LogP contribution in [0.4, 0.5) is 0 Å². The van der Waals surface area contributed by atoms with Crippen molar-refractivity contribution in [2.45, 2.75) is 84.3 Å². The topological polar surface area (TPSA) is 49.4 Å². The van der Waals surface area contributed by atoms with Crippen molar-refractivity contribution in [3.05, 3.63) is 0 Å². The van der Waals surface area contributed by atoms with E-state index in [0.717, 1.165) is 19.3 Å². The maximum absolute atomic E-state index is 13.1. The van der Waals surface area contributed by atoms with Crippen molar-refractivity contribution >= 4 is 11.8 Å². The lowest BCUT2D eigenvalue weighted by atomic mass is 9.80. The Hall–Kier alpha value is -1.06. The maximum atomic E-state index is 13.1. The van der Waals surface area contributed by atoms with E-state index in [9.17, 15) is 9.59 Å². The van der Waals surface area contributed by atoms with E-state index < -0.39 is 5.54 Å². The van der Waals surface area contributed by atoms with Crippen LogP contribution in [0, 0.1) is 11.8 Å². The number of hydrogen-bond donors (Lipinski definition) is 1. The Bertz CT molecular complexity index is 421. The second-order valence-corrected chi connectivity index (χ2v) is 7.41. The fourth-order valence-corrected chi connectivity index (χ4v) is 3.87. The SMILES string of the molecule is CCC1(C)NC(=O)C(C(C)C)N(C2CCCCC2C)C1=O. The highest BCUT2D eigenvalue weighted by Gasteiger charge is 2.51. The number of hydrogen-bond acceptors (Lipinski definition) is 2. The molecule has 2 aliphatic rings. The van der Waals surface area contributed by atoms with Crippen molar-refractivity contribution in [1.82, 2.24) is 10.2 Å². The first-order valence-corrected chi connectivity index (χ1v) is 8.46. The van der Waals surface area contributed by atoms with Crippen LogP contribution in [0.25, 0.3) is 0 Å². The molecule has 21 heavy (non-hydrogen) atoms. The molecule has 2 amide bonds. The van der Waals surface area contributed by atoms with Crippen LogP contribution in [-0.4, -0.2) is 34.3 Å². The third kappa shape index (κ3) is 2.82. The third-order valence-electron chi connectivity index (χ3n) is 5.44. The number of piperazine rings is 1. The van der Waals surface area contributed by atoms with Crippen LogP contribution in [-0.2, 0) is 9.59 Å².